The standard InChI is InChI=1S/C12H13Cl2N/c1-7-9-5-12(9,6-15-7)8-2-3-10(13)11(14)4-8/h2-4,7,9,15H,5-6H2,1H3/t7?,9-,12+/m1/s1. The van der Waals surface area contributed by atoms with Gasteiger partial charge in [-0.25, -0.2) is 0 Å². The Bertz CT molecular complexity index is 418. The number of fused-ring (bicyclic) bond motifs is 1. The van der Waals surface area contributed by atoms with Crippen LogP contribution in [0.3, 0.4) is 0 Å². The molecule has 0 spiro atoms. The Balaban J connectivity index is 1.98. The topological polar surface area (TPSA) is 12.0 Å². The zero-order valence-electron chi connectivity index (χ0n) is 8.56. The summed E-state index contributed by atoms with van der Waals surface area (Å²) in [5.74, 6) is 0.787. The lowest BCUT2D eigenvalue weighted by Gasteiger charge is -2.12. The summed E-state index contributed by atoms with van der Waals surface area (Å²) in [6, 6.07) is 6.70. The molecular weight excluding hydrogens is 229 g/mol. The Morgan fingerprint density at radius 1 is 1.33 bits per heavy atom. The van der Waals surface area contributed by atoms with Crippen LogP contribution in [0.1, 0.15) is 18.9 Å². The highest BCUT2D eigenvalue weighted by Gasteiger charge is 2.61. The predicted octanol–water partition coefficient (Wildman–Crippen LogP) is 3.24. The van der Waals surface area contributed by atoms with E-state index in [1.54, 1.807) is 0 Å². The number of hydrogen-bond acceptors (Lipinski definition) is 1. The molecule has 1 aliphatic heterocycles. The molecular formula is C12H13Cl2N. The van der Waals surface area contributed by atoms with E-state index in [9.17, 15) is 0 Å². The highest BCUT2D eigenvalue weighted by atomic mass is 35.5. The van der Waals surface area contributed by atoms with Crippen LogP contribution in [-0.2, 0) is 5.41 Å². The van der Waals surface area contributed by atoms with Crippen molar-refractivity contribution in [2.24, 2.45) is 5.92 Å². The zero-order valence-corrected chi connectivity index (χ0v) is 10.1. The fourth-order valence-electron chi connectivity index (χ4n) is 2.92. The lowest BCUT2D eigenvalue weighted by Crippen LogP contribution is -2.24. The molecule has 80 valence electrons. The summed E-state index contributed by atoms with van der Waals surface area (Å²) in [5.41, 5.74) is 1.70. The number of halogens is 2. The molecule has 0 aromatic heterocycles. The Morgan fingerprint density at radius 3 is 2.67 bits per heavy atom. The molecule has 1 heterocycles. The third kappa shape index (κ3) is 1.33. The second kappa shape index (κ2) is 3.13. The zero-order chi connectivity index (χ0) is 10.6. The van der Waals surface area contributed by atoms with Crippen LogP contribution in [0.4, 0.5) is 0 Å². The summed E-state index contributed by atoms with van der Waals surface area (Å²) >= 11 is 12.0. The quantitative estimate of drug-likeness (QED) is 0.797. The monoisotopic (exact) mass is 241 g/mol. The number of benzene rings is 1. The van der Waals surface area contributed by atoms with Gasteiger partial charge >= 0.3 is 0 Å². The lowest BCUT2D eigenvalue weighted by atomic mass is 9.94. The summed E-state index contributed by atoms with van der Waals surface area (Å²) in [5, 5.41) is 4.84. The van der Waals surface area contributed by atoms with Crippen molar-refractivity contribution in [3.05, 3.63) is 33.8 Å². The first-order valence-electron chi connectivity index (χ1n) is 5.32. The molecule has 1 aromatic rings. The maximum Gasteiger partial charge on any atom is 0.0595 e. The second-order valence-corrected chi connectivity index (χ2v) is 5.58. The molecule has 1 nitrogen and oxygen atoms in total. The Morgan fingerprint density at radius 2 is 2.13 bits per heavy atom. The van der Waals surface area contributed by atoms with Gasteiger partial charge in [-0.1, -0.05) is 29.3 Å². The summed E-state index contributed by atoms with van der Waals surface area (Å²) in [4.78, 5) is 0. The molecule has 0 amide bonds. The number of hydrogen-bond donors (Lipinski definition) is 1. The molecule has 1 aromatic carbocycles. The molecule has 3 rings (SSSR count). The van der Waals surface area contributed by atoms with E-state index in [4.69, 9.17) is 23.2 Å². The van der Waals surface area contributed by atoms with Gasteiger partial charge in [0, 0.05) is 18.0 Å². The predicted molar refractivity (Wildman–Crippen MR) is 63.7 cm³/mol. The fourth-order valence-corrected chi connectivity index (χ4v) is 3.22. The third-order valence-corrected chi connectivity index (χ3v) is 4.71. The van der Waals surface area contributed by atoms with Gasteiger partial charge in [-0.3, -0.25) is 0 Å². The highest BCUT2D eigenvalue weighted by Crippen LogP contribution is 2.59. The molecule has 1 unspecified atom stereocenters. The summed E-state index contributed by atoms with van der Waals surface area (Å²) in [6.07, 6.45) is 1.29. The van der Waals surface area contributed by atoms with Gasteiger partial charge in [-0.15, -0.1) is 0 Å². The van der Waals surface area contributed by atoms with Gasteiger partial charge in [0.2, 0.25) is 0 Å². The van der Waals surface area contributed by atoms with Gasteiger partial charge < -0.3 is 5.32 Å². The normalized spacial score (nSPS) is 37.8. The van der Waals surface area contributed by atoms with Gasteiger partial charge in [0.05, 0.1) is 10.0 Å². The smallest absolute Gasteiger partial charge is 0.0595 e. The molecule has 3 heteroatoms. The SMILES string of the molecule is CC1NC[C@]2(c3ccc(Cl)c(Cl)c3)C[C@H]12. The largest absolute Gasteiger partial charge is 0.313 e. The maximum absolute atomic E-state index is 6.06. The first-order valence-corrected chi connectivity index (χ1v) is 6.08. The van der Waals surface area contributed by atoms with Crippen molar-refractivity contribution in [3.63, 3.8) is 0 Å². The number of piperidine rings is 1. The Hall–Kier alpha value is -0.240. The van der Waals surface area contributed by atoms with E-state index >= 15 is 0 Å². The van der Waals surface area contributed by atoms with E-state index in [1.165, 1.54) is 12.0 Å². The number of rotatable bonds is 1. The van der Waals surface area contributed by atoms with Crippen LogP contribution in [0.25, 0.3) is 0 Å². The van der Waals surface area contributed by atoms with Crippen molar-refractivity contribution < 1.29 is 0 Å². The average molecular weight is 242 g/mol. The molecule has 15 heavy (non-hydrogen) atoms. The van der Waals surface area contributed by atoms with Crippen molar-refractivity contribution >= 4 is 23.2 Å². The van der Waals surface area contributed by atoms with Crippen LogP contribution >= 0.6 is 23.2 Å². The molecule has 1 N–H and O–H groups in total. The van der Waals surface area contributed by atoms with Crippen molar-refractivity contribution in [1.29, 1.82) is 0 Å². The Labute approximate surface area is 99.8 Å². The minimum Gasteiger partial charge on any atom is -0.313 e. The summed E-state index contributed by atoms with van der Waals surface area (Å²) in [6.45, 7) is 3.34. The van der Waals surface area contributed by atoms with E-state index in [0.29, 0.717) is 21.5 Å². The van der Waals surface area contributed by atoms with E-state index in [-0.39, 0.29) is 0 Å². The lowest BCUT2D eigenvalue weighted by molar-refractivity contribution is 0.578. The minimum atomic E-state index is 0.355. The summed E-state index contributed by atoms with van der Waals surface area (Å²) in [7, 11) is 0. The van der Waals surface area contributed by atoms with Gasteiger partial charge in [-0.2, -0.15) is 0 Å². The van der Waals surface area contributed by atoms with Gasteiger partial charge in [0.1, 0.15) is 0 Å². The molecule has 0 radical (unpaired) electrons. The van der Waals surface area contributed by atoms with Crippen LogP contribution in [0.5, 0.6) is 0 Å². The molecule has 2 fully saturated rings. The molecule has 1 aliphatic carbocycles. The van der Waals surface area contributed by atoms with E-state index in [0.717, 1.165) is 12.5 Å². The van der Waals surface area contributed by atoms with E-state index < -0.39 is 0 Å². The molecule has 2 aliphatic rings. The van der Waals surface area contributed by atoms with Gasteiger partial charge in [0.15, 0.2) is 0 Å². The maximum atomic E-state index is 6.06. The van der Waals surface area contributed by atoms with E-state index in [1.807, 2.05) is 12.1 Å². The van der Waals surface area contributed by atoms with Gasteiger partial charge in [0.25, 0.3) is 0 Å². The molecule has 3 atom stereocenters. The van der Waals surface area contributed by atoms with Crippen molar-refractivity contribution in [2.75, 3.05) is 6.54 Å². The van der Waals surface area contributed by atoms with Crippen LogP contribution in [0.15, 0.2) is 18.2 Å². The van der Waals surface area contributed by atoms with Crippen LogP contribution < -0.4 is 5.32 Å². The van der Waals surface area contributed by atoms with Crippen molar-refractivity contribution in [1.82, 2.24) is 5.32 Å². The molecule has 0 bridgehead atoms. The van der Waals surface area contributed by atoms with E-state index in [2.05, 4.69) is 18.3 Å². The van der Waals surface area contributed by atoms with Crippen molar-refractivity contribution in [2.45, 2.75) is 24.8 Å². The first-order chi connectivity index (χ1) is 7.13. The van der Waals surface area contributed by atoms with Crippen molar-refractivity contribution in [3.8, 4) is 0 Å². The fraction of sp³-hybridized carbons (Fsp3) is 0.500. The first kappa shape index (κ1) is 9.95. The van der Waals surface area contributed by atoms with Gasteiger partial charge in [-0.05, 0) is 37.0 Å². The third-order valence-electron chi connectivity index (χ3n) is 3.97. The summed E-state index contributed by atoms with van der Waals surface area (Å²) < 4.78 is 0. The van der Waals surface area contributed by atoms with Crippen LogP contribution in [0, 0.1) is 5.92 Å². The van der Waals surface area contributed by atoms with Crippen LogP contribution in [0.2, 0.25) is 10.0 Å². The molecule has 1 saturated heterocycles. The number of nitrogens with one attached hydrogen (secondary N) is 1. The van der Waals surface area contributed by atoms with Crippen LogP contribution in [-0.4, -0.2) is 12.6 Å². The highest BCUT2D eigenvalue weighted by molar-refractivity contribution is 6.42. The molecule has 1 saturated carbocycles. The Kier molecular flexibility index (Phi) is 2.08. The second-order valence-electron chi connectivity index (χ2n) is 4.77. The average Bonchev–Trinajstić information content (AvgIpc) is 2.88. The minimum absolute atomic E-state index is 0.355.